The van der Waals surface area contributed by atoms with E-state index in [0.717, 1.165) is 87.7 Å². The van der Waals surface area contributed by atoms with Gasteiger partial charge in [-0.15, -0.1) is 0 Å². The highest BCUT2D eigenvalue weighted by Gasteiger charge is 2.34. The summed E-state index contributed by atoms with van der Waals surface area (Å²) in [6.45, 7) is 7.21. The maximum absolute atomic E-state index is 13.8. The first-order valence-corrected chi connectivity index (χ1v) is 14.6. The minimum absolute atomic E-state index is 0.260. The highest BCUT2D eigenvalue weighted by atomic mass is 19.1. The lowest BCUT2D eigenvalue weighted by Crippen LogP contribution is -2.35. The number of ether oxygens (including phenoxy) is 3. The molecular formula is C33H43FN2O4. The Labute approximate surface area is 238 Å². The minimum Gasteiger partial charge on any atom is -0.493 e. The number of halogens is 1. The molecule has 4 rings (SSSR count). The highest BCUT2D eigenvalue weighted by molar-refractivity contribution is 5.83. The number of hydrogen-bond acceptors (Lipinski definition) is 6. The summed E-state index contributed by atoms with van der Waals surface area (Å²) >= 11 is 0. The molecule has 1 atom stereocenters. The first kappa shape index (κ1) is 29.7. The maximum atomic E-state index is 13.8. The van der Waals surface area contributed by atoms with E-state index in [9.17, 15) is 9.65 Å². The second-order valence-electron chi connectivity index (χ2n) is 10.9. The largest absolute Gasteiger partial charge is 0.493 e. The van der Waals surface area contributed by atoms with Gasteiger partial charge in [0.15, 0.2) is 11.5 Å². The van der Waals surface area contributed by atoms with Crippen LogP contribution in [0.1, 0.15) is 81.6 Å². The molecule has 1 fully saturated rings. The molecule has 0 spiro atoms. The number of methoxy groups -OCH3 is 3. The predicted molar refractivity (Wildman–Crippen MR) is 156 cm³/mol. The van der Waals surface area contributed by atoms with Gasteiger partial charge in [0.25, 0.3) is 0 Å². The lowest BCUT2D eigenvalue weighted by molar-refractivity contribution is 0.203. The number of nitrogens with zero attached hydrogens (tertiary/aromatic N) is 2. The lowest BCUT2D eigenvalue weighted by atomic mass is 9.74. The van der Waals surface area contributed by atoms with E-state index >= 15 is 0 Å². The summed E-state index contributed by atoms with van der Waals surface area (Å²) in [7, 11) is 4.81. The van der Waals surface area contributed by atoms with Crippen LogP contribution in [0.2, 0.25) is 0 Å². The van der Waals surface area contributed by atoms with E-state index in [1.807, 2.05) is 18.2 Å². The monoisotopic (exact) mass is 550 g/mol. The van der Waals surface area contributed by atoms with Gasteiger partial charge < -0.3 is 23.5 Å². The summed E-state index contributed by atoms with van der Waals surface area (Å²) in [5, 5.41) is 11.6. The molecular weight excluding hydrogens is 507 g/mol. The van der Waals surface area contributed by atoms with Crippen molar-refractivity contribution < 1.29 is 23.0 Å². The van der Waals surface area contributed by atoms with Crippen LogP contribution in [0.5, 0.6) is 17.2 Å². The van der Waals surface area contributed by atoms with Crippen molar-refractivity contribution in [1.29, 1.82) is 5.26 Å². The molecule has 6 nitrogen and oxygen atoms in total. The molecule has 7 heteroatoms. The molecule has 216 valence electrons. The van der Waals surface area contributed by atoms with E-state index in [4.69, 9.17) is 18.6 Å². The number of nitriles is 1. The van der Waals surface area contributed by atoms with Gasteiger partial charge in [-0.2, -0.15) is 5.26 Å². The summed E-state index contributed by atoms with van der Waals surface area (Å²) in [4.78, 5) is 2.52. The van der Waals surface area contributed by atoms with Crippen molar-refractivity contribution in [2.75, 3.05) is 41.0 Å². The number of benzene rings is 2. The van der Waals surface area contributed by atoms with Gasteiger partial charge in [-0.25, -0.2) is 4.39 Å². The Balaban J connectivity index is 1.45. The van der Waals surface area contributed by atoms with Crippen LogP contribution in [0, 0.1) is 17.1 Å². The molecule has 2 heterocycles. The van der Waals surface area contributed by atoms with Crippen LogP contribution in [-0.2, 0) is 11.8 Å². The van der Waals surface area contributed by atoms with Gasteiger partial charge in [0.05, 0.1) is 32.8 Å². The van der Waals surface area contributed by atoms with Crippen LogP contribution in [0.15, 0.2) is 34.7 Å². The predicted octanol–water partition coefficient (Wildman–Crippen LogP) is 7.77. The number of rotatable bonds is 13. The zero-order valence-corrected chi connectivity index (χ0v) is 24.6. The summed E-state index contributed by atoms with van der Waals surface area (Å²) < 4.78 is 36.5. The van der Waals surface area contributed by atoms with Gasteiger partial charge in [-0.3, -0.25) is 0 Å². The molecule has 0 radical (unpaired) electrons. The smallest absolute Gasteiger partial charge is 0.203 e. The molecule has 0 saturated carbocycles. The first-order chi connectivity index (χ1) is 19.4. The molecule has 1 aliphatic rings. The number of fused-ring (bicyclic) bond motifs is 1. The van der Waals surface area contributed by atoms with Crippen LogP contribution in [0.4, 0.5) is 4.39 Å². The molecule has 2 aromatic carbocycles. The second kappa shape index (κ2) is 13.4. The Morgan fingerprint density at radius 2 is 1.68 bits per heavy atom. The highest BCUT2D eigenvalue weighted by Crippen LogP contribution is 2.44. The van der Waals surface area contributed by atoms with Crippen molar-refractivity contribution in [3.8, 4) is 23.3 Å². The summed E-state index contributed by atoms with van der Waals surface area (Å²) in [5.74, 6) is 2.84. The van der Waals surface area contributed by atoms with E-state index < -0.39 is 5.41 Å². The average molecular weight is 551 g/mol. The Morgan fingerprint density at radius 1 is 1.00 bits per heavy atom. The van der Waals surface area contributed by atoms with E-state index in [2.05, 4.69) is 24.8 Å². The maximum Gasteiger partial charge on any atom is 0.203 e. The zero-order chi connectivity index (χ0) is 28.7. The van der Waals surface area contributed by atoms with E-state index in [0.29, 0.717) is 28.7 Å². The molecule has 0 amide bonds. The molecule has 0 aliphatic carbocycles. The molecule has 1 aromatic heterocycles. The quantitative estimate of drug-likeness (QED) is 0.217. The minimum atomic E-state index is -0.623. The number of aryl methyl sites for hydroxylation is 1. The third-order valence-electron chi connectivity index (χ3n) is 8.55. The van der Waals surface area contributed by atoms with Gasteiger partial charge >= 0.3 is 0 Å². The van der Waals surface area contributed by atoms with E-state index in [-0.39, 0.29) is 5.82 Å². The van der Waals surface area contributed by atoms with Crippen LogP contribution in [0.25, 0.3) is 11.0 Å². The average Bonchev–Trinajstić information content (AvgIpc) is 3.36. The number of unbranched alkanes of at least 4 members (excludes halogenated alkanes) is 1. The normalized spacial score (nSPS) is 16.0. The summed E-state index contributed by atoms with van der Waals surface area (Å²) in [6, 6.07) is 11.5. The van der Waals surface area contributed by atoms with Crippen LogP contribution >= 0.6 is 0 Å². The van der Waals surface area contributed by atoms with E-state index in [1.54, 1.807) is 21.3 Å². The standard InChI is InChI=1S/C33H43FN2O4/c1-6-8-14-33(22-35,24-19-29(37-3)32(39-5)30(20-24)38-4)15-9-16-36-17-12-23(13-18-36)31-26-11-10-25(34)21-28(26)40-27(31)7-2/h10-11,19-21,23H,6-9,12-18H2,1-5H3. The third-order valence-corrected chi connectivity index (χ3v) is 8.55. The summed E-state index contributed by atoms with van der Waals surface area (Å²) in [5.41, 5.74) is 2.22. The molecule has 0 N–H and O–H groups in total. The van der Waals surface area contributed by atoms with Crippen molar-refractivity contribution in [3.63, 3.8) is 0 Å². The number of piperidine rings is 1. The fraction of sp³-hybridized carbons (Fsp3) is 0.545. The Bertz CT molecular complexity index is 1300. The molecule has 3 aromatic rings. The third kappa shape index (κ3) is 6.07. The van der Waals surface area contributed by atoms with Gasteiger partial charge in [0, 0.05) is 23.4 Å². The van der Waals surface area contributed by atoms with Crippen molar-refractivity contribution in [1.82, 2.24) is 4.90 Å². The van der Waals surface area contributed by atoms with Crippen LogP contribution < -0.4 is 14.2 Å². The van der Waals surface area contributed by atoms with Gasteiger partial charge in [0.1, 0.15) is 17.2 Å². The zero-order valence-electron chi connectivity index (χ0n) is 24.6. The fourth-order valence-electron chi connectivity index (χ4n) is 6.33. The Hall–Kier alpha value is -3.24. The Kier molecular flexibility index (Phi) is 9.97. The Morgan fingerprint density at radius 3 is 2.25 bits per heavy atom. The van der Waals surface area contributed by atoms with Gasteiger partial charge in [0.2, 0.25) is 5.75 Å². The fourth-order valence-corrected chi connectivity index (χ4v) is 6.33. The lowest BCUT2D eigenvalue weighted by Gasteiger charge is -2.34. The van der Waals surface area contributed by atoms with Crippen LogP contribution in [-0.4, -0.2) is 45.9 Å². The van der Waals surface area contributed by atoms with Gasteiger partial charge in [-0.1, -0.05) is 26.7 Å². The first-order valence-electron chi connectivity index (χ1n) is 14.6. The topological polar surface area (TPSA) is 67.9 Å². The van der Waals surface area contributed by atoms with E-state index in [1.165, 1.54) is 17.7 Å². The molecule has 1 aliphatic heterocycles. The molecule has 1 unspecified atom stereocenters. The van der Waals surface area contributed by atoms with Crippen molar-refractivity contribution >= 4 is 11.0 Å². The molecule has 40 heavy (non-hydrogen) atoms. The number of hydrogen-bond donors (Lipinski definition) is 0. The SMILES string of the molecule is CCCCC(C#N)(CCCN1CCC(c2c(CC)oc3cc(F)ccc23)CC1)c1cc(OC)c(OC)c(OC)c1. The van der Waals surface area contributed by atoms with Crippen molar-refractivity contribution in [2.24, 2.45) is 0 Å². The second-order valence-corrected chi connectivity index (χ2v) is 10.9. The van der Waals surface area contributed by atoms with Gasteiger partial charge in [-0.05, 0) is 87.5 Å². The number of furan rings is 1. The van der Waals surface area contributed by atoms with Crippen molar-refractivity contribution in [3.05, 3.63) is 53.0 Å². The van der Waals surface area contributed by atoms with Crippen LogP contribution in [0.3, 0.4) is 0 Å². The number of likely N-dealkylation sites (tertiary alicyclic amines) is 1. The molecule has 1 saturated heterocycles. The van der Waals surface area contributed by atoms with Crippen molar-refractivity contribution in [2.45, 2.75) is 76.5 Å². The summed E-state index contributed by atoms with van der Waals surface area (Å²) in [6.07, 6.45) is 7.37. The molecule has 0 bridgehead atoms.